The smallest absolute Gasteiger partial charge is 0.260 e. The standard InChI is InChI=1S/C21H21N3O3S/c1-5-8-27-17-10-14(6-7-16(17)26-4)9-15(11-22)19-23-20(25)18-12(2)13(3)28-21(18)24-19/h6-7,9-10H,5,8H2,1-4H3,(H,23,24,25)/b15-9+. The number of thiophene rings is 1. The molecule has 0 aliphatic heterocycles. The maximum atomic E-state index is 12.5. The molecular formula is C21H21N3O3S. The lowest BCUT2D eigenvalue weighted by molar-refractivity contribution is 0.294. The van der Waals surface area contributed by atoms with Crippen LogP contribution in [-0.4, -0.2) is 23.7 Å². The van der Waals surface area contributed by atoms with Crippen LogP contribution in [0.5, 0.6) is 11.5 Å². The first kappa shape index (κ1) is 19.6. The fourth-order valence-corrected chi connectivity index (χ4v) is 3.84. The van der Waals surface area contributed by atoms with Gasteiger partial charge in [-0.1, -0.05) is 13.0 Å². The second-order valence-corrected chi connectivity index (χ2v) is 7.51. The summed E-state index contributed by atoms with van der Waals surface area (Å²) in [5, 5.41) is 10.2. The first-order valence-electron chi connectivity index (χ1n) is 8.91. The Morgan fingerprint density at radius 1 is 1.36 bits per heavy atom. The van der Waals surface area contributed by atoms with Crippen LogP contribution in [0.3, 0.4) is 0 Å². The Labute approximate surface area is 167 Å². The molecule has 0 saturated heterocycles. The number of rotatable bonds is 6. The van der Waals surface area contributed by atoms with Gasteiger partial charge in [0.15, 0.2) is 17.3 Å². The van der Waals surface area contributed by atoms with E-state index in [2.05, 4.69) is 16.0 Å². The quantitative estimate of drug-likeness (QED) is 0.623. The lowest BCUT2D eigenvalue weighted by atomic mass is 10.1. The summed E-state index contributed by atoms with van der Waals surface area (Å²) in [6, 6.07) is 7.55. The zero-order valence-electron chi connectivity index (χ0n) is 16.3. The Balaban J connectivity index is 2.06. The summed E-state index contributed by atoms with van der Waals surface area (Å²) in [4.78, 5) is 21.4. The molecule has 7 heteroatoms. The summed E-state index contributed by atoms with van der Waals surface area (Å²) in [6.07, 6.45) is 2.55. The Hall–Kier alpha value is -3.11. The van der Waals surface area contributed by atoms with Crippen LogP contribution < -0.4 is 15.0 Å². The van der Waals surface area contributed by atoms with Gasteiger partial charge in [-0.15, -0.1) is 11.3 Å². The molecule has 1 aromatic carbocycles. The van der Waals surface area contributed by atoms with Gasteiger partial charge in [-0.3, -0.25) is 4.79 Å². The molecule has 28 heavy (non-hydrogen) atoms. The van der Waals surface area contributed by atoms with Crippen molar-refractivity contribution in [1.82, 2.24) is 9.97 Å². The Morgan fingerprint density at radius 2 is 2.14 bits per heavy atom. The molecular weight excluding hydrogens is 374 g/mol. The maximum absolute atomic E-state index is 12.5. The van der Waals surface area contributed by atoms with Gasteiger partial charge in [0.05, 0.1) is 24.7 Å². The number of fused-ring (bicyclic) bond motifs is 1. The number of allylic oxidation sites excluding steroid dienone is 1. The van der Waals surface area contributed by atoms with Gasteiger partial charge in [0.2, 0.25) is 0 Å². The summed E-state index contributed by atoms with van der Waals surface area (Å²) >= 11 is 1.45. The van der Waals surface area contributed by atoms with Crippen LogP contribution >= 0.6 is 11.3 Å². The molecule has 0 amide bonds. The zero-order chi connectivity index (χ0) is 20.3. The minimum Gasteiger partial charge on any atom is -0.493 e. The van der Waals surface area contributed by atoms with Crippen LogP contribution in [0.1, 0.15) is 35.2 Å². The first-order valence-corrected chi connectivity index (χ1v) is 9.73. The van der Waals surface area contributed by atoms with E-state index in [0.717, 1.165) is 22.4 Å². The van der Waals surface area contributed by atoms with Crippen molar-refractivity contribution in [2.45, 2.75) is 27.2 Å². The van der Waals surface area contributed by atoms with Crippen LogP contribution in [0.25, 0.3) is 21.9 Å². The molecule has 0 aliphatic rings. The number of nitrogens with one attached hydrogen (secondary N) is 1. The maximum Gasteiger partial charge on any atom is 0.260 e. The van der Waals surface area contributed by atoms with E-state index >= 15 is 0 Å². The molecule has 2 aromatic heterocycles. The van der Waals surface area contributed by atoms with E-state index in [1.807, 2.05) is 32.9 Å². The highest BCUT2D eigenvalue weighted by Crippen LogP contribution is 2.30. The van der Waals surface area contributed by atoms with Gasteiger partial charge in [-0.2, -0.15) is 5.26 Å². The molecule has 0 bridgehead atoms. The minimum atomic E-state index is -0.232. The second-order valence-electron chi connectivity index (χ2n) is 6.31. The number of nitriles is 1. The van der Waals surface area contributed by atoms with Gasteiger partial charge in [-0.25, -0.2) is 4.98 Å². The van der Waals surface area contributed by atoms with Crippen molar-refractivity contribution in [2.75, 3.05) is 13.7 Å². The van der Waals surface area contributed by atoms with Crippen molar-refractivity contribution in [1.29, 1.82) is 5.26 Å². The normalized spacial score (nSPS) is 11.5. The van der Waals surface area contributed by atoms with Gasteiger partial charge in [0.25, 0.3) is 5.56 Å². The van der Waals surface area contributed by atoms with Crippen molar-refractivity contribution in [2.24, 2.45) is 0 Å². The van der Waals surface area contributed by atoms with E-state index in [4.69, 9.17) is 9.47 Å². The summed E-state index contributed by atoms with van der Waals surface area (Å²) < 4.78 is 11.0. The molecule has 0 unspecified atom stereocenters. The van der Waals surface area contributed by atoms with Crippen LogP contribution in [0.15, 0.2) is 23.0 Å². The predicted molar refractivity (Wildman–Crippen MR) is 112 cm³/mol. The Bertz CT molecular complexity index is 1150. The van der Waals surface area contributed by atoms with Gasteiger partial charge < -0.3 is 14.5 Å². The molecule has 3 rings (SSSR count). The second kappa shape index (κ2) is 8.28. The highest BCUT2D eigenvalue weighted by Gasteiger charge is 2.14. The number of aromatic nitrogens is 2. The molecule has 0 aliphatic carbocycles. The highest BCUT2D eigenvalue weighted by atomic mass is 32.1. The van der Waals surface area contributed by atoms with Gasteiger partial charge >= 0.3 is 0 Å². The van der Waals surface area contributed by atoms with E-state index < -0.39 is 0 Å². The summed E-state index contributed by atoms with van der Waals surface area (Å²) in [6.45, 7) is 6.45. The number of aryl methyl sites for hydroxylation is 2. The van der Waals surface area contributed by atoms with E-state index in [9.17, 15) is 10.1 Å². The average Bonchev–Trinajstić information content (AvgIpc) is 2.98. The van der Waals surface area contributed by atoms with Crippen molar-refractivity contribution in [3.05, 3.63) is 50.4 Å². The number of ether oxygens (including phenoxy) is 2. The molecule has 0 atom stereocenters. The molecule has 3 aromatic rings. The van der Waals surface area contributed by atoms with E-state index in [1.165, 1.54) is 11.3 Å². The fraction of sp³-hybridized carbons (Fsp3) is 0.286. The molecule has 0 fully saturated rings. The first-order chi connectivity index (χ1) is 13.5. The van der Waals surface area contributed by atoms with E-state index in [-0.39, 0.29) is 17.0 Å². The van der Waals surface area contributed by atoms with Crippen LogP contribution in [0.2, 0.25) is 0 Å². The molecule has 2 heterocycles. The summed E-state index contributed by atoms with van der Waals surface area (Å²) in [7, 11) is 1.58. The lowest BCUT2D eigenvalue weighted by Gasteiger charge is -2.10. The number of hydrogen-bond donors (Lipinski definition) is 1. The summed E-state index contributed by atoms with van der Waals surface area (Å²) in [5.74, 6) is 1.49. The average molecular weight is 395 g/mol. The van der Waals surface area contributed by atoms with Crippen molar-refractivity contribution in [3.8, 4) is 17.6 Å². The largest absolute Gasteiger partial charge is 0.493 e. The van der Waals surface area contributed by atoms with Crippen LogP contribution in [0.4, 0.5) is 0 Å². The summed E-state index contributed by atoms with van der Waals surface area (Å²) in [5.41, 5.74) is 1.72. The fourth-order valence-electron chi connectivity index (χ4n) is 2.81. The number of H-pyrrole nitrogens is 1. The third-order valence-electron chi connectivity index (χ3n) is 4.38. The van der Waals surface area contributed by atoms with Crippen LogP contribution in [0, 0.1) is 25.2 Å². The highest BCUT2D eigenvalue weighted by molar-refractivity contribution is 7.18. The molecule has 0 radical (unpaired) electrons. The number of aromatic amines is 1. The van der Waals surface area contributed by atoms with Crippen LogP contribution in [-0.2, 0) is 0 Å². The van der Waals surface area contributed by atoms with Crippen molar-refractivity contribution < 1.29 is 9.47 Å². The van der Waals surface area contributed by atoms with E-state index in [0.29, 0.717) is 28.3 Å². The van der Waals surface area contributed by atoms with Gasteiger partial charge in [-0.05, 0) is 49.6 Å². The third kappa shape index (κ3) is 3.78. The molecule has 6 nitrogen and oxygen atoms in total. The minimum absolute atomic E-state index is 0.232. The number of methoxy groups -OCH3 is 1. The van der Waals surface area contributed by atoms with Gasteiger partial charge in [0.1, 0.15) is 10.9 Å². The zero-order valence-corrected chi connectivity index (χ0v) is 17.1. The topological polar surface area (TPSA) is 88.0 Å². The number of nitrogens with zero attached hydrogens (tertiary/aromatic N) is 2. The molecule has 1 N–H and O–H groups in total. The molecule has 144 valence electrons. The third-order valence-corrected chi connectivity index (χ3v) is 5.48. The Morgan fingerprint density at radius 3 is 2.82 bits per heavy atom. The SMILES string of the molecule is CCCOc1cc(/C=C(\C#N)c2nc3sc(C)c(C)c3c(=O)[nH]2)ccc1OC. The lowest BCUT2D eigenvalue weighted by Crippen LogP contribution is -2.10. The molecule has 0 spiro atoms. The Kier molecular flexibility index (Phi) is 5.81. The molecule has 0 saturated carbocycles. The number of benzene rings is 1. The van der Waals surface area contributed by atoms with Crippen molar-refractivity contribution in [3.63, 3.8) is 0 Å². The predicted octanol–water partition coefficient (Wildman–Crippen LogP) is 4.46. The van der Waals surface area contributed by atoms with Gasteiger partial charge in [0, 0.05) is 4.88 Å². The number of hydrogen-bond acceptors (Lipinski definition) is 6. The monoisotopic (exact) mass is 395 g/mol. The van der Waals surface area contributed by atoms with E-state index in [1.54, 1.807) is 19.3 Å². The van der Waals surface area contributed by atoms with Crippen molar-refractivity contribution >= 4 is 33.2 Å².